The Hall–Kier alpha value is -3.42. The van der Waals surface area contributed by atoms with E-state index >= 15 is 0 Å². The van der Waals surface area contributed by atoms with Crippen LogP contribution >= 0.6 is 0 Å². The average molecular weight is 413 g/mol. The van der Waals surface area contributed by atoms with Crippen molar-refractivity contribution < 1.29 is 23.5 Å². The van der Waals surface area contributed by atoms with Crippen molar-refractivity contribution in [3.8, 4) is 5.75 Å². The molecule has 1 heterocycles. The molecule has 30 heavy (non-hydrogen) atoms. The molecule has 1 aliphatic heterocycles. The van der Waals surface area contributed by atoms with E-state index in [1.165, 1.54) is 29.2 Å². The molecule has 1 atom stereocenters. The fourth-order valence-corrected chi connectivity index (χ4v) is 3.36. The Morgan fingerprint density at radius 3 is 2.30 bits per heavy atom. The molecule has 1 aliphatic rings. The molecule has 1 fully saturated rings. The smallest absolute Gasteiger partial charge is 0.254 e. The van der Waals surface area contributed by atoms with Crippen LogP contribution in [0.15, 0.2) is 48.5 Å². The van der Waals surface area contributed by atoms with Crippen LogP contribution in [0.25, 0.3) is 0 Å². The molecule has 3 amide bonds. The zero-order chi connectivity index (χ0) is 21.5. The molecular weight excluding hydrogens is 389 g/mol. The van der Waals surface area contributed by atoms with Crippen LogP contribution in [0.1, 0.15) is 33.6 Å². The first-order valence-electron chi connectivity index (χ1n) is 9.76. The van der Waals surface area contributed by atoms with E-state index in [9.17, 15) is 18.8 Å². The first-order valence-corrected chi connectivity index (χ1v) is 9.76. The minimum absolute atomic E-state index is 0.246. The minimum atomic E-state index is -0.570. The number of ether oxygens (including phenoxy) is 1. The summed E-state index contributed by atoms with van der Waals surface area (Å²) in [5.74, 6) is -0.558. The van der Waals surface area contributed by atoms with Crippen molar-refractivity contribution in [1.29, 1.82) is 0 Å². The minimum Gasteiger partial charge on any atom is -0.497 e. The van der Waals surface area contributed by atoms with E-state index in [1.807, 2.05) is 0 Å². The second-order valence-corrected chi connectivity index (χ2v) is 6.94. The molecule has 3 rings (SSSR count). The highest BCUT2D eigenvalue weighted by Crippen LogP contribution is 2.20. The van der Waals surface area contributed by atoms with E-state index in [1.54, 1.807) is 31.4 Å². The Labute approximate surface area is 174 Å². The summed E-state index contributed by atoms with van der Waals surface area (Å²) < 4.78 is 18.1. The van der Waals surface area contributed by atoms with Crippen LogP contribution in [0.3, 0.4) is 0 Å². The molecule has 1 saturated heterocycles. The standard InChI is InChI=1S/C22H24FN3O4/c1-30-18-10-6-15(7-11-18)20(27)24-12-13-25-21(28)19-3-2-14-26(19)22(29)16-4-8-17(23)9-5-16/h4-11,19H,2-3,12-14H2,1H3,(H,24,27)(H,25,28)/t19-/m1/s1. The zero-order valence-corrected chi connectivity index (χ0v) is 16.7. The lowest BCUT2D eigenvalue weighted by Crippen LogP contribution is -2.47. The van der Waals surface area contributed by atoms with Gasteiger partial charge in [0.15, 0.2) is 0 Å². The van der Waals surface area contributed by atoms with Gasteiger partial charge in [0.2, 0.25) is 5.91 Å². The average Bonchev–Trinajstić information content (AvgIpc) is 3.26. The number of halogens is 1. The summed E-state index contributed by atoms with van der Waals surface area (Å²) in [6, 6.07) is 11.4. The zero-order valence-electron chi connectivity index (χ0n) is 16.7. The Balaban J connectivity index is 1.47. The summed E-state index contributed by atoms with van der Waals surface area (Å²) in [7, 11) is 1.55. The normalized spacial score (nSPS) is 15.5. The number of rotatable bonds is 7. The maximum absolute atomic E-state index is 13.1. The Bertz CT molecular complexity index is 900. The summed E-state index contributed by atoms with van der Waals surface area (Å²) in [6.45, 7) is 0.980. The summed E-state index contributed by atoms with van der Waals surface area (Å²) >= 11 is 0. The van der Waals surface area contributed by atoms with Crippen molar-refractivity contribution in [2.45, 2.75) is 18.9 Å². The molecule has 7 nitrogen and oxygen atoms in total. The molecule has 2 aromatic carbocycles. The van der Waals surface area contributed by atoms with Gasteiger partial charge in [-0.3, -0.25) is 14.4 Å². The summed E-state index contributed by atoms with van der Waals surface area (Å²) in [4.78, 5) is 38.8. The van der Waals surface area contributed by atoms with Gasteiger partial charge in [0.25, 0.3) is 11.8 Å². The third kappa shape index (κ3) is 5.14. The van der Waals surface area contributed by atoms with E-state index in [2.05, 4.69) is 10.6 Å². The molecule has 158 valence electrons. The predicted octanol–water partition coefficient (Wildman–Crippen LogP) is 1.99. The first kappa shape index (κ1) is 21.3. The van der Waals surface area contributed by atoms with Gasteiger partial charge in [0, 0.05) is 30.8 Å². The third-order valence-electron chi connectivity index (χ3n) is 4.97. The van der Waals surface area contributed by atoms with Crippen LogP contribution in [0.2, 0.25) is 0 Å². The number of carbonyl (C=O) groups excluding carboxylic acids is 3. The van der Waals surface area contributed by atoms with Crippen molar-refractivity contribution in [3.05, 3.63) is 65.5 Å². The number of benzene rings is 2. The van der Waals surface area contributed by atoms with Gasteiger partial charge < -0.3 is 20.3 Å². The van der Waals surface area contributed by atoms with Crippen molar-refractivity contribution in [3.63, 3.8) is 0 Å². The lowest BCUT2D eigenvalue weighted by Gasteiger charge is -2.24. The van der Waals surface area contributed by atoms with Crippen LogP contribution in [0.4, 0.5) is 4.39 Å². The number of nitrogens with zero attached hydrogens (tertiary/aromatic N) is 1. The van der Waals surface area contributed by atoms with Crippen LogP contribution in [-0.2, 0) is 4.79 Å². The summed E-state index contributed by atoms with van der Waals surface area (Å²) in [5.41, 5.74) is 0.844. The van der Waals surface area contributed by atoms with Gasteiger partial charge in [-0.2, -0.15) is 0 Å². The Kier molecular flexibility index (Phi) is 7.00. The van der Waals surface area contributed by atoms with Crippen LogP contribution in [-0.4, -0.2) is 55.4 Å². The highest BCUT2D eigenvalue weighted by atomic mass is 19.1. The van der Waals surface area contributed by atoms with Crippen molar-refractivity contribution >= 4 is 17.7 Å². The number of carbonyl (C=O) groups is 3. The molecule has 0 aliphatic carbocycles. The van der Waals surface area contributed by atoms with Gasteiger partial charge in [-0.15, -0.1) is 0 Å². The Morgan fingerprint density at radius 1 is 1.00 bits per heavy atom. The van der Waals surface area contributed by atoms with Gasteiger partial charge in [0.05, 0.1) is 7.11 Å². The second-order valence-electron chi connectivity index (χ2n) is 6.94. The number of methoxy groups -OCH3 is 1. The third-order valence-corrected chi connectivity index (χ3v) is 4.97. The summed E-state index contributed by atoms with van der Waals surface area (Å²) in [6.07, 6.45) is 1.29. The Morgan fingerprint density at radius 2 is 1.63 bits per heavy atom. The molecule has 0 aromatic heterocycles. The van der Waals surface area contributed by atoms with E-state index in [-0.39, 0.29) is 30.8 Å². The van der Waals surface area contributed by atoms with Crippen molar-refractivity contribution in [2.24, 2.45) is 0 Å². The lowest BCUT2D eigenvalue weighted by atomic mass is 10.1. The van der Waals surface area contributed by atoms with Crippen molar-refractivity contribution in [2.75, 3.05) is 26.7 Å². The van der Waals surface area contributed by atoms with Gasteiger partial charge in [0.1, 0.15) is 17.6 Å². The maximum Gasteiger partial charge on any atom is 0.254 e. The first-order chi connectivity index (χ1) is 14.5. The number of nitrogens with one attached hydrogen (secondary N) is 2. The predicted molar refractivity (Wildman–Crippen MR) is 109 cm³/mol. The highest BCUT2D eigenvalue weighted by Gasteiger charge is 2.34. The highest BCUT2D eigenvalue weighted by molar-refractivity contribution is 5.98. The topological polar surface area (TPSA) is 87.7 Å². The fraction of sp³-hybridized carbons (Fsp3) is 0.318. The van der Waals surface area contributed by atoms with E-state index in [4.69, 9.17) is 4.74 Å². The van der Waals surface area contributed by atoms with Gasteiger partial charge in [-0.1, -0.05) is 0 Å². The van der Waals surface area contributed by atoms with E-state index < -0.39 is 11.9 Å². The fourth-order valence-electron chi connectivity index (χ4n) is 3.36. The molecule has 0 saturated carbocycles. The number of likely N-dealkylation sites (tertiary alicyclic amines) is 1. The number of hydrogen-bond donors (Lipinski definition) is 2. The van der Waals surface area contributed by atoms with Gasteiger partial charge in [-0.25, -0.2) is 4.39 Å². The quantitative estimate of drug-likeness (QED) is 0.680. The largest absolute Gasteiger partial charge is 0.497 e. The molecule has 0 bridgehead atoms. The van der Waals surface area contributed by atoms with Crippen molar-refractivity contribution in [1.82, 2.24) is 15.5 Å². The SMILES string of the molecule is COc1ccc(C(=O)NCCNC(=O)[C@H]2CCCN2C(=O)c2ccc(F)cc2)cc1. The van der Waals surface area contributed by atoms with E-state index in [0.717, 1.165) is 6.42 Å². The van der Waals surface area contributed by atoms with Gasteiger partial charge in [-0.05, 0) is 61.4 Å². The van der Waals surface area contributed by atoms with E-state index in [0.29, 0.717) is 29.8 Å². The second kappa shape index (κ2) is 9.87. The van der Waals surface area contributed by atoms with Crippen LogP contribution in [0, 0.1) is 5.82 Å². The molecule has 0 radical (unpaired) electrons. The molecule has 0 unspecified atom stereocenters. The molecule has 0 spiro atoms. The number of amides is 3. The maximum atomic E-state index is 13.1. The molecule has 2 N–H and O–H groups in total. The number of hydrogen-bond acceptors (Lipinski definition) is 4. The lowest BCUT2D eigenvalue weighted by molar-refractivity contribution is -0.124. The van der Waals surface area contributed by atoms with Gasteiger partial charge >= 0.3 is 0 Å². The molecule has 8 heteroatoms. The molecule has 2 aromatic rings. The van der Waals surface area contributed by atoms with Crippen LogP contribution < -0.4 is 15.4 Å². The molecular formula is C22H24FN3O4. The monoisotopic (exact) mass is 413 g/mol. The summed E-state index contributed by atoms with van der Waals surface area (Å²) in [5, 5.41) is 5.50. The van der Waals surface area contributed by atoms with Crippen LogP contribution in [0.5, 0.6) is 5.75 Å².